The summed E-state index contributed by atoms with van der Waals surface area (Å²) >= 11 is 0. The molecule has 0 spiro atoms. The van der Waals surface area contributed by atoms with E-state index in [0.717, 1.165) is 17.5 Å². The molecular weight excluding hydrogens is 341 g/mol. The molecule has 0 saturated carbocycles. The molecule has 3 rings (SSSR count). The van der Waals surface area contributed by atoms with Gasteiger partial charge in [0.25, 0.3) is 0 Å². The SMILES string of the molecule is O=S(=O)(CCCc1ccccc1)N1CCOC(c2ccc(F)cc2)C1. The lowest BCUT2D eigenvalue weighted by Gasteiger charge is -2.32. The van der Waals surface area contributed by atoms with E-state index in [1.165, 1.54) is 16.4 Å². The largest absolute Gasteiger partial charge is 0.371 e. The minimum absolute atomic E-state index is 0.123. The standard InChI is InChI=1S/C19H22FNO3S/c20-18-10-8-17(9-11-18)19-15-21(12-13-24-19)25(22,23)14-4-7-16-5-2-1-3-6-16/h1-3,5-6,8-11,19H,4,7,12-15H2. The second-order valence-electron chi connectivity index (χ2n) is 6.17. The van der Waals surface area contributed by atoms with Gasteiger partial charge in [-0.1, -0.05) is 42.5 Å². The molecule has 1 atom stereocenters. The van der Waals surface area contributed by atoms with Crippen molar-refractivity contribution in [3.05, 3.63) is 71.5 Å². The molecule has 1 fully saturated rings. The quantitative estimate of drug-likeness (QED) is 0.792. The lowest BCUT2D eigenvalue weighted by atomic mass is 10.1. The van der Waals surface area contributed by atoms with Crippen LogP contribution in [-0.4, -0.2) is 38.2 Å². The Kier molecular flexibility index (Phi) is 5.83. The van der Waals surface area contributed by atoms with Crippen LogP contribution >= 0.6 is 0 Å². The Labute approximate surface area is 148 Å². The van der Waals surface area contributed by atoms with Crippen LogP contribution in [0.1, 0.15) is 23.7 Å². The van der Waals surface area contributed by atoms with Crippen molar-refractivity contribution in [3.63, 3.8) is 0 Å². The number of halogens is 1. The van der Waals surface area contributed by atoms with Crippen molar-refractivity contribution in [3.8, 4) is 0 Å². The summed E-state index contributed by atoms with van der Waals surface area (Å²) in [6.07, 6.45) is 0.981. The molecule has 0 bridgehead atoms. The van der Waals surface area contributed by atoms with E-state index < -0.39 is 10.0 Å². The van der Waals surface area contributed by atoms with E-state index in [1.807, 2.05) is 30.3 Å². The Morgan fingerprint density at radius 2 is 1.80 bits per heavy atom. The second-order valence-corrected chi connectivity index (χ2v) is 8.26. The third-order valence-corrected chi connectivity index (χ3v) is 6.30. The zero-order chi connectivity index (χ0) is 17.7. The van der Waals surface area contributed by atoms with Crippen molar-refractivity contribution >= 4 is 10.0 Å². The number of morpholine rings is 1. The maximum absolute atomic E-state index is 13.1. The summed E-state index contributed by atoms with van der Waals surface area (Å²) in [5.41, 5.74) is 1.94. The smallest absolute Gasteiger partial charge is 0.214 e. The normalized spacial score (nSPS) is 19.0. The van der Waals surface area contributed by atoms with E-state index in [4.69, 9.17) is 4.74 Å². The molecular formula is C19H22FNO3S. The fourth-order valence-corrected chi connectivity index (χ4v) is 4.47. The molecule has 0 aliphatic carbocycles. The van der Waals surface area contributed by atoms with Crippen LogP contribution in [-0.2, 0) is 21.2 Å². The molecule has 25 heavy (non-hydrogen) atoms. The molecule has 1 saturated heterocycles. The summed E-state index contributed by atoms with van der Waals surface area (Å²) in [4.78, 5) is 0. The number of hydrogen-bond donors (Lipinski definition) is 0. The monoisotopic (exact) mass is 363 g/mol. The van der Waals surface area contributed by atoms with Crippen LogP contribution in [0, 0.1) is 5.82 Å². The predicted octanol–water partition coefficient (Wildman–Crippen LogP) is 3.16. The molecule has 6 heteroatoms. The number of benzene rings is 2. The topological polar surface area (TPSA) is 46.6 Å². The van der Waals surface area contributed by atoms with Gasteiger partial charge in [0.05, 0.1) is 18.5 Å². The van der Waals surface area contributed by atoms with Gasteiger partial charge in [-0.25, -0.2) is 12.8 Å². The summed E-state index contributed by atoms with van der Waals surface area (Å²) in [5.74, 6) is -0.192. The average molecular weight is 363 g/mol. The van der Waals surface area contributed by atoms with Crippen molar-refractivity contribution in [2.24, 2.45) is 0 Å². The Morgan fingerprint density at radius 1 is 1.08 bits per heavy atom. The van der Waals surface area contributed by atoms with E-state index in [0.29, 0.717) is 19.6 Å². The van der Waals surface area contributed by atoms with Crippen LogP contribution in [0.3, 0.4) is 0 Å². The first kappa shape index (κ1) is 18.0. The van der Waals surface area contributed by atoms with Gasteiger partial charge < -0.3 is 4.74 Å². The van der Waals surface area contributed by atoms with Gasteiger partial charge in [-0.2, -0.15) is 4.31 Å². The zero-order valence-corrected chi connectivity index (χ0v) is 14.8. The van der Waals surface area contributed by atoms with E-state index >= 15 is 0 Å². The molecule has 2 aromatic rings. The first-order valence-electron chi connectivity index (χ1n) is 8.43. The number of aryl methyl sites for hydroxylation is 1. The number of rotatable bonds is 6. The van der Waals surface area contributed by atoms with Crippen LogP contribution in [0.25, 0.3) is 0 Å². The van der Waals surface area contributed by atoms with Crippen LogP contribution < -0.4 is 0 Å². The highest BCUT2D eigenvalue weighted by Gasteiger charge is 2.29. The minimum atomic E-state index is -3.32. The fraction of sp³-hybridized carbons (Fsp3) is 0.368. The molecule has 4 nitrogen and oxygen atoms in total. The van der Waals surface area contributed by atoms with Gasteiger partial charge in [0, 0.05) is 13.1 Å². The lowest BCUT2D eigenvalue weighted by Crippen LogP contribution is -2.43. The van der Waals surface area contributed by atoms with Gasteiger partial charge in [-0.05, 0) is 36.1 Å². The van der Waals surface area contributed by atoms with Crippen molar-refractivity contribution in [1.29, 1.82) is 0 Å². The third-order valence-electron chi connectivity index (χ3n) is 4.37. The van der Waals surface area contributed by atoms with Crippen molar-refractivity contribution in [2.75, 3.05) is 25.4 Å². The molecule has 0 radical (unpaired) electrons. The molecule has 0 amide bonds. The minimum Gasteiger partial charge on any atom is -0.371 e. The van der Waals surface area contributed by atoms with E-state index in [2.05, 4.69) is 0 Å². The molecule has 1 unspecified atom stereocenters. The number of hydrogen-bond acceptors (Lipinski definition) is 3. The Morgan fingerprint density at radius 3 is 2.52 bits per heavy atom. The molecule has 1 aliphatic heterocycles. The Bertz CT molecular complexity index is 778. The highest BCUT2D eigenvalue weighted by Crippen LogP contribution is 2.24. The van der Waals surface area contributed by atoms with Crippen molar-refractivity contribution in [2.45, 2.75) is 18.9 Å². The fourth-order valence-electron chi connectivity index (χ4n) is 2.99. The third kappa shape index (κ3) is 4.87. The number of sulfonamides is 1. The molecule has 134 valence electrons. The van der Waals surface area contributed by atoms with Gasteiger partial charge in [0.15, 0.2) is 0 Å². The maximum Gasteiger partial charge on any atom is 0.214 e. The molecule has 0 N–H and O–H groups in total. The molecule has 0 aromatic heterocycles. The van der Waals surface area contributed by atoms with Crippen molar-refractivity contribution < 1.29 is 17.5 Å². The average Bonchev–Trinajstić information content (AvgIpc) is 2.63. The second kappa shape index (κ2) is 8.08. The summed E-state index contributed by atoms with van der Waals surface area (Å²) in [5, 5.41) is 0. The van der Waals surface area contributed by atoms with E-state index in [-0.39, 0.29) is 24.2 Å². The van der Waals surface area contributed by atoms with E-state index in [9.17, 15) is 12.8 Å². The number of ether oxygens (including phenoxy) is 1. The summed E-state index contributed by atoms with van der Waals surface area (Å²) in [6.45, 7) is 0.991. The van der Waals surface area contributed by atoms with Crippen LogP contribution in [0.4, 0.5) is 4.39 Å². The van der Waals surface area contributed by atoms with Crippen molar-refractivity contribution in [1.82, 2.24) is 4.31 Å². The molecule has 1 heterocycles. The van der Waals surface area contributed by atoms with Gasteiger partial charge >= 0.3 is 0 Å². The first-order valence-corrected chi connectivity index (χ1v) is 10.0. The first-order chi connectivity index (χ1) is 12.0. The number of nitrogens with zero attached hydrogens (tertiary/aromatic N) is 1. The zero-order valence-electron chi connectivity index (χ0n) is 14.0. The van der Waals surface area contributed by atoms with Gasteiger partial charge in [-0.3, -0.25) is 0 Å². The maximum atomic E-state index is 13.1. The predicted molar refractivity (Wildman–Crippen MR) is 95.2 cm³/mol. The Hall–Kier alpha value is -1.76. The van der Waals surface area contributed by atoms with Gasteiger partial charge in [0.1, 0.15) is 5.82 Å². The highest BCUT2D eigenvalue weighted by molar-refractivity contribution is 7.89. The summed E-state index contributed by atoms with van der Waals surface area (Å²) in [7, 11) is -3.32. The summed E-state index contributed by atoms with van der Waals surface area (Å²) in [6, 6.07) is 15.9. The summed E-state index contributed by atoms with van der Waals surface area (Å²) < 4.78 is 45.5. The van der Waals surface area contributed by atoms with Crippen LogP contribution in [0.2, 0.25) is 0 Å². The van der Waals surface area contributed by atoms with Gasteiger partial charge in [0.2, 0.25) is 10.0 Å². The molecule has 2 aromatic carbocycles. The Balaban J connectivity index is 1.58. The van der Waals surface area contributed by atoms with Gasteiger partial charge in [-0.15, -0.1) is 0 Å². The van der Waals surface area contributed by atoms with Crippen LogP contribution in [0.15, 0.2) is 54.6 Å². The van der Waals surface area contributed by atoms with E-state index in [1.54, 1.807) is 12.1 Å². The molecule has 1 aliphatic rings. The lowest BCUT2D eigenvalue weighted by molar-refractivity contribution is -0.00257. The van der Waals surface area contributed by atoms with Crippen LogP contribution in [0.5, 0.6) is 0 Å². The highest BCUT2D eigenvalue weighted by atomic mass is 32.2.